The maximum Gasteiger partial charge on any atom is 0.337 e. The molecule has 2 rings (SSSR count). The molecule has 25 heavy (non-hydrogen) atoms. The van der Waals surface area contributed by atoms with Crippen molar-refractivity contribution in [1.82, 2.24) is 9.97 Å². The number of aromatic nitrogens is 2. The van der Waals surface area contributed by atoms with Gasteiger partial charge in [0.1, 0.15) is 17.5 Å². The average Bonchev–Trinajstić information content (AvgIpc) is 2.59. The molecule has 7 nitrogen and oxygen atoms in total. The molecule has 0 unspecified atom stereocenters. The summed E-state index contributed by atoms with van der Waals surface area (Å²) in [6.07, 6.45) is 0.870. The Morgan fingerprint density at radius 2 is 1.96 bits per heavy atom. The second-order valence-electron chi connectivity index (χ2n) is 5.27. The Labute approximate surface area is 151 Å². The van der Waals surface area contributed by atoms with Crippen molar-refractivity contribution in [1.29, 1.82) is 0 Å². The Morgan fingerprint density at radius 1 is 1.20 bits per heavy atom. The van der Waals surface area contributed by atoms with Crippen LogP contribution in [-0.2, 0) is 9.47 Å². The standard InChI is InChI=1S/C17H21ClN4O3/c1-11-20-15(19-7-4-8-24-2)10-16(21-11)22-14-9-12(17(23)25-3)5-6-13(14)18/h5-6,9-10H,4,7-8H2,1-3H3,(H2,19,20,21,22). The normalized spacial score (nSPS) is 10.4. The van der Waals surface area contributed by atoms with Gasteiger partial charge in [-0.25, -0.2) is 14.8 Å². The Kier molecular flexibility index (Phi) is 6.97. The summed E-state index contributed by atoms with van der Waals surface area (Å²) in [7, 11) is 3.00. The van der Waals surface area contributed by atoms with E-state index in [1.54, 1.807) is 38.3 Å². The van der Waals surface area contributed by atoms with Crippen LogP contribution in [0, 0.1) is 6.92 Å². The van der Waals surface area contributed by atoms with Crippen molar-refractivity contribution in [2.45, 2.75) is 13.3 Å². The third-order valence-electron chi connectivity index (χ3n) is 3.32. The van der Waals surface area contributed by atoms with E-state index in [0.717, 1.165) is 13.0 Å². The minimum atomic E-state index is -0.431. The zero-order valence-electron chi connectivity index (χ0n) is 14.4. The van der Waals surface area contributed by atoms with Crippen LogP contribution in [0.15, 0.2) is 24.3 Å². The van der Waals surface area contributed by atoms with Gasteiger partial charge in [0.05, 0.1) is 23.4 Å². The van der Waals surface area contributed by atoms with Gasteiger partial charge in [0.2, 0.25) is 0 Å². The molecule has 0 bridgehead atoms. The summed E-state index contributed by atoms with van der Waals surface area (Å²) in [6.45, 7) is 3.22. The largest absolute Gasteiger partial charge is 0.465 e. The fourth-order valence-electron chi connectivity index (χ4n) is 2.16. The van der Waals surface area contributed by atoms with E-state index in [1.807, 2.05) is 0 Å². The Hall–Kier alpha value is -2.38. The molecule has 2 N–H and O–H groups in total. The van der Waals surface area contributed by atoms with Crippen molar-refractivity contribution in [3.05, 3.63) is 40.7 Å². The van der Waals surface area contributed by atoms with E-state index in [9.17, 15) is 4.79 Å². The lowest BCUT2D eigenvalue weighted by atomic mass is 10.2. The molecule has 0 amide bonds. The highest BCUT2D eigenvalue weighted by Crippen LogP contribution is 2.27. The van der Waals surface area contributed by atoms with Crippen LogP contribution in [-0.4, -0.2) is 43.3 Å². The van der Waals surface area contributed by atoms with Gasteiger partial charge < -0.3 is 20.1 Å². The number of carbonyl (C=O) groups is 1. The summed E-state index contributed by atoms with van der Waals surface area (Å²) in [4.78, 5) is 20.4. The van der Waals surface area contributed by atoms with Gasteiger partial charge in [0.15, 0.2) is 0 Å². The highest BCUT2D eigenvalue weighted by Gasteiger charge is 2.10. The topological polar surface area (TPSA) is 85.4 Å². The zero-order valence-corrected chi connectivity index (χ0v) is 15.2. The van der Waals surface area contributed by atoms with Crippen molar-refractivity contribution in [3.8, 4) is 0 Å². The smallest absolute Gasteiger partial charge is 0.337 e. The predicted molar refractivity (Wildman–Crippen MR) is 97.8 cm³/mol. The summed E-state index contributed by atoms with van der Waals surface area (Å²) in [5.41, 5.74) is 0.964. The SMILES string of the molecule is COCCCNc1cc(Nc2cc(C(=O)OC)ccc2Cl)nc(C)n1. The molecule has 0 radical (unpaired) electrons. The van der Waals surface area contributed by atoms with E-state index >= 15 is 0 Å². The van der Waals surface area contributed by atoms with Gasteiger partial charge in [0, 0.05) is 26.3 Å². The van der Waals surface area contributed by atoms with Crippen LogP contribution < -0.4 is 10.6 Å². The van der Waals surface area contributed by atoms with Gasteiger partial charge in [-0.2, -0.15) is 0 Å². The molecular formula is C17H21ClN4O3. The summed E-state index contributed by atoms with van der Waals surface area (Å²) in [5, 5.41) is 6.81. The first-order valence-electron chi connectivity index (χ1n) is 7.77. The number of hydrogen-bond donors (Lipinski definition) is 2. The molecule has 8 heteroatoms. The lowest BCUT2D eigenvalue weighted by molar-refractivity contribution is 0.0601. The molecule has 0 atom stereocenters. The number of rotatable bonds is 8. The number of benzene rings is 1. The number of methoxy groups -OCH3 is 2. The second kappa shape index (κ2) is 9.19. The number of ether oxygens (including phenoxy) is 2. The molecular weight excluding hydrogens is 344 g/mol. The third-order valence-corrected chi connectivity index (χ3v) is 3.65. The van der Waals surface area contributed by atoms with Crippen molar-refractivity contribution in [2.24, 2.45) is 0 Å². The number of carbonyl (C=O) groups excluding carboxylic acids is 1. The quantitative estimate of drug-likeness (QED) is 0.548. The van der Waals surface area contributed by atoms with Crippen LogP contribution in [0.3, 0.4) is 0 Å². The summed E-state index contributed by atoms with van der Waals surface area (Å²) in [5.74, 6) is 1.45. The monoisotopic (exact) mass is 364 g/mol. The van der Waals surface area contributed by atoms with Gasteiger partial charge in [-0.15, -0.1) is 0 Å². The molecule has 2 aromatic rings. The molecule has 1 aromatic carbocycles. The average molecular weight is 365 g/mol. The molecule has 1 heterocycles. The first-order valence-corrected chi connectivity index (χ1v) is 8.14. The Morgan fingerprint density at radius 3 is 2.68 bits per heavy atom. The number of esters is 1. The van der Waals surface area contributed by atoms with Gasteiger partial charge >= 0.3 is 5.97 Å². The Bertz CT molecular complexity index is 740. The second-order valence-corrected chi connectivity index (χ2v) is 5.68. The van der Waals surface area contributed by atoms with Crippen LogP contribution in [0.4, 0.5) is 17.3 Å². The van der Waals surface area contributed by atoms with E-state index in [1.165, 1.54) is 7.11 Å². The number of halogens is 1. The van der Waals surface area contributed by atoms with E-state index in [2.05, 4.69) is 20.6 Å². The van der Waals surface area contributed by atoms with Gasteiger partial charge in [-0.05, 0) is 31.5 Å². The van der Waals surface area contributed by atoms with Crippen molar-refractivity contribution < 1.29 is 14.3 Å². The molecule has 0 saturated heterocycles. The molecule has 0 aliphatic rings. The van der Waals surface area contributed by atoms with Crippen molar-refractivity contribution in [3.63, 3.8) is 0 Å². The lowest BCUT2D eigenvalue weighted by Crippen LogP contribution is -2.08. The highest BCUT2D eigenvalue weighted by atomic mass is 35.5. The van der Waals surface area contributed by atoms with Crippen LogP contribution >= 0.6 is 11.6 Å². The number of anilines is 3. The van der Waals surface area contributed by atoms with Crippen LogP contribution in [0.5, 0.6) is 0 Å². The first kappa shape index (κ1) is 19.0. The molecule has 0 spiro atoms. The van der Waals surface area contributed by atoms with Gasteiger partial charge in [-0.3, -0.25) is 0 Å². The number of hydrogen-bond acceptors (Lipinski definition) is 7. The van der Waals surface area contributed by atoms with Gasteiger partial charge in [-0.1, -0.05) is 11.6 Å². The van der Waals surface area contributed by atoms with Crippen LogP contribution in [0.2, 0.25) is 5.02 Å². The molecule has 0 fully saturated rings. The number of aryl methyl sites for hydroxylation is 1. The summed E-state index contributed by atoms with van der Waals surface area (Å²) < 4.78 is 9.75. The number of nitrogens with zero attached hydrogens (tertiary/aromatic N) is 2. The molecule has 1 aromatic heterocycles. The maximum absolute atomic E-state index is 11.7. The fraction of sp³-hybridized carbons (Fsp3) is 0.353. The summed E-state index contributed by atoms with van der Waals surface area (Å²) >= 11 is 6.20. The lowest BCUT2D eigenvalue weighted by Gasteiger charge is -2.12. The van der Waals surface area contributed by atoms with Crippen LogP contribution in [0.1, 0.15) is 22.6 Å². The number of nitrogens with one attached hydrogen (secondary N) is 2. The first-order chi connectivity index (χ1) is 12.0. The molecule has 0 aliphatic heterocycles. The van der Waals surface area contributed by atoms with E-state index in [0.29, 0.717) is 40.3 Å². The van der Waals surface area contributed by atoms with Gasteiger partial charge in [0.25, 0.3) is 0 Å². The van der Waals surface area contributed by atoms with E-state index in [4.69, 9.17) is 21.1 Å². The van der Waals surface area contributed by atoms with E-state index in [-0.39, 0.29) is 0 Å². The Balaban J connectivity index is 2.16. The predicted octanol–water partition coefficient (Wildman–Crippen LogP) is 3.42. The van der Waals surface area contributed by atoms with Crippen molar-refractivity contribution in [2.75, 3.05) is 38.0 Å². The molecule has 134 valence electrons. The minimum absolute atomic E-state index is 0.401. The van der Waals surface area contributed by atoms with E-state index < -0.39 is 5.97 Å². The highest BCUT2D eigenvalue weighted by molar-refractivity contribution is 6.33. The summed E-state index contributed by atoms with van der Waals surface area (Å²) in [6, 6.07) is 6.64. The third kappa shape index (κ3) is 5.58. The zero-order chi connectivity index (χ0) is 18.2. The molecule has 0 saturated carbocycles. The fourth-order valence-corrected chi connectivity index (χ4v) is 2.32. The van der Waals surface area contributed by atoms with Crippen molar-refractivity contribution >= 4 is 34.9 Å². The maximum atomic E-state index is 11.7. The molecule has 0 aliphatic carbocycles. The van der Waals surface area contributed by atoms with Crippen LogP contribution in [0.25, 0.3) is 0 Å². The minimum Gasteiger partial charge on any atom is -0.465 e.